The first-order valence-electron chi connectivity index (χ1n) is 8.58. The number of hydrogen-bond acceptors (Lipinski definition) is 4. The van der Waals surface area contributed by atoms with Crippen LogP contribution in [-0.2, 0) is 0 Å². The minimum absolute atomic E-state index is 0.362. The molecule has 4 nitrogen and oxygen atoms in total. The van der Waals surface area contributed by atoms with Gasteiger partial charge in [-0.15, -0.1) is 0 Å². The van der Waals surface area contributed by atoms with Gasteiger partial charge >= 0.3 is 0 Å². The van der Waals surface area contributed by atoms with Crippen LogP contribution in [0.1, 0.15) is 38.9 Å². The van der Waals surface area contributed by atoms with Gasteiger partial charge < -0.3 is 9.80 Å². The van der Waals surface area contributed by atoms with E-state index in [1.807, 2.05) is 12.3 Å². The fourth-order valence-corrected chi connectivity index (χ4v) is 3.18. The van der Waals surface area contributed by atoms with Crippen molar-refractivity contribution in [2.75, 3.05) is 29.4 Å². The van der Waals surface area contributed by atoms with E-state index in [0.717, 1.165) is 37.7 Å². The minimum atomic E-state index is 0.362. The lowest BCUT2D eigenvalue weighted by Gasteiger charge is -2.43. The van der Waals surface area contributed by atoms with Crippen molar-refractivity contribution in [2.24, 2.45) is 0 Å². The maximum Gasteiger partial charge on any atom is 0.133 e. The van der Waals surface area contributed by atoms with Crippen LogP contribution in [0.2, 0.25) is 0 Å². The standard InChI is InChI=1S/C19H26N4/c1-4-16-14-22(17-8-6-5-7-9-17)12-13-23(16)18-10-11-20-19(21-18)15(2)3/h5-11,15-16H,4,12-14H2,1-3H3/t16-/m0/s1. The molecule has 0 unspecified atom stereocenters. The molecule has 0 N–H and O–H groups in total. The monoisotopic (exact) mass is 310 g/mol. The second kappa shape index (κ2) is 6.99. The normalized spacial score (nSPS) is 18.5. The third-order valence-electron chi connectivity index (χ3n) is 4.55. The molecule has 0 saturated carbocycles. The fraction of sp³-hybridized carbons (Fsp3) is 0.474. The SMILES string of the molecule is CC[C@H]1CN(c2ccccc2)CCN1c1ccnc(C(C)C)n1. The molecule has 3 rings (SSSR count). The van der Waals surface area contributed by atoms with Gasteiger partial charge in [-0.2, -0.15) is 0 Å². The second-order valence-electron chi connectivity index (χ2n) is 6.46. The highest BCUT2D eigenvalue weighted by atomic mass is 15.3. The number of rotatable bonds is 4. The number of aromatic nitrogens is 2. The predicted molar refractivity (Wildman–Crippen MR) is 96.2 cm³/mol. The van der Waals surface area contributed by atoms with E-state index < -0.39 is 0 Å². The number of anilines is 2. The zero-order chi connectivity index (χ0) is 16.2. The van der Waals surface area contributed by atoms with Crippen LogP contribution in [0.3, 0.4) is 0 Å². The Balaban J connectivity index is 1.79. The molecule has 1 aliphatic rings. The molecule has 0 aliphatic carbocycles. The van der Waals surface area contributed by atoms with E-state index in [2.05, 4.69) is 65.9 Å². The van der Waals surface area contributed by atoms with E-state index in [0.29, 0.717) is 12.0 Å². The molecule has 0 radical (unpaired) electrons. The zero-order valence-electron chi connectivity index (χ0n) is 14.3. The lowest BCUT2D eigenvalue weighted by molar-refractivity contribution is 0.503. The number of piperazine rings is 1. The third kappa shape index (κ3) is 3.46. The first kappa shape index (κ1) is 15.8. The highest BCUT2D eigenvalue weighted by Gasteiger charge is 2.27. The Kier molecular flexibility index (Phi) is 4.79. The molecule has 1 saturated heterocycles. The lowest BCUT2D eigenvalue weighted by atomic mass is 10.1. The Hall–Kier alpha value is -2.10. The average Bonchev–Trinajstić information content (AvgIpc) is 2.62. The molecule has 0 spiro atoms. The summed E-state index contributed by atoms with van der Waals surface area (Å²) in [7, 11) is 0. The van der Waals surface area contributed by atoms with Crippen molar-refractivity contribution >= 4 is 11.5 Å². The summed E-state index contributed by atoms with van der Waals surface area (Å²) in [5.41, 5.74) is 1.32. The molecular weight excluding hydrogens is 284 g/mol. The van der Waals surface area contributed by atoms with E-state index in [4.69, 9.17) is 4.98 Å². The Morgan fingerprint density at radius 3 is 2.61 bits per heavy atom. The van der Waals surface area contributed by atoms with Crippen molar-refractivity contribution in [3.8, 4) is 0 Å². The van der Waals surface area contributed by atoms with Gasteiger partial charge in [0.2, 0.25) is 0 Å². The van der Waals surface area contributed by atoms with Crippen LogP contribution in [0.5, 0.6) is 0 Å². The van der Waals surface area contributed by atoms with Crippen molar-refractivity contribution in [2.45, 2.75) is 39.2 Å². The smallest absolute Gasteiger partial charge is 0.133 e. The summed E-state index contributed by atoms with van der Waals surface area (Å²) in [5, 5.41) is 0. The van der Waals surface area contributed by atoms with Gasteiger partial charge in [0, 0.05) is 43.5 Å². The van der Waals surface area contributed by atoms with Crippen LogP contribution < -0.4 is 9.80 Å². The van der Waals surface area contributed by atoms with Crippen molar-refractivity contribution in [1.82, 2.24) is 9.97 Å². The van der Waals surface area contributed by atoms with Crippen molar-refractivity contribution < 1.29 is 0 Å². The summed E-state index contributed by atoms with van der Waals surface area (Å²) in [6.45, 7) is 9.62. The molecular formula is C19H26N4. The molecule has 2 aromatic rings. The van der Waals surface area contributed by atoms with Crippen LogP contribution in [0, 0.1) is 0 Å². The largest absolute Gasteiger partial charge is 0.368 e. The van der Waals surface area contributed by atoms with E-state index >= 15 is 0 Å². The van der Waals surface area contributed by atoms with Gasteiger partial charge in [0.25, 0.3) is 0 Å². The first-order chi connectivity index (χ1) is 11.2. The summed E-state index contributed by atoms with van der Waals surface area (Å²) in [5.74, 6) is 2.37. The summed E-state index contributed by atoms with van der Waals surface area (Å²) in [6, 6.07) is 13.2. The Bertz CT molecular complexity index is 626. The summed E-state index contributed by atoms with van der Waals surface area (Å²) in [6.07, 6.45) is 3.01. The molecule has 2 heterocycles. The van der Waals surface area contributed by atoms with E-state index in [9.17, 15) is 0 Å². The molecule has 23 heavy (non-hydrogen) atoms. The summed E-state index contributed by atoms with van der Waals surface area (Å²) >= 11 is 0. The quantitative estimate of drug-likeness (QED) is 0.862. The molecule has 0 bridgehead atoms. The maximum atomic E-state index is 4.79. The number of para-hydroxylation sites is 1. The minimum Gasteiger partial charge on any atom is -0.368 e. The Morgan fingerprint density at radius 2 is 1.91 bits per heavy atom. The summed E-state index contributed by atoms with van der Waals surface area (Å²) in [4.78, 5) is 14.1. The van der Waals surface area contributed by atoms with Crippen LogP contribution in [0.25, 0.3) is 0 Å². The average molecular weight is 310 g/mol. The Labute approximate surface area is 139 Å². The topological polar surface area (TPSA) is 32.3 Å². The molecule has 1 aromatic carbocycles. The van der Waals surface area contributed by atoms with Gasteiger partial charge in [-0.1, -0.05) is 39.0 Å². The predicted octanol–water partition coefficient (Wildman–Crippen LogP) is 3.71. The molecule has 1 aliphatic heterocycles. The third-order valence-corrected chi connectivity index (χ3v) is 4.55. The Morgan fingerprint density at radius 1 is 1.13 bits per heavy atom. The number of benzene rings is 1. The lowest BCUT2D eigenvalue weighted by Crippen LogP contribution is -2.53. The summed E-state index contributed by atoms with van der Waals surface area (Å²) < 4.78 is 0. The number of hydrogen-bond donors (Lipinski definition) is 0. The zero-order valence-corrected chi connectivity index (χ0v) is 14.3. The van der Waals surface area contributed by atoms with Crippen LogP contribution in [0.15, 0.2) is 42.6 Å². The molecule has 1 atom stereocenters. The highest BCUT2D eigenvalue weighted by molar-refractivity contribution is 5.50. The van der Waals surface area contributed by atoms with Gasteiger partial charge in [0.15, 0.2) is 0 Å². The van der Waals surface area contributed by atoms with E-state index in [1.54, 1.807) is 0 Å². The van der Waals surface area contributed by atoms with Crippen molar-refractivity contribution in [3.63, 3.8) is 0 Å². The number of nitrogens with zero attached hydrogens (tertiary/aromatic N) is 4. The van der Waals surface area contributed by atoms with Crippen LogP contribution >= 0.6 is 0 Å². The highest BCUT2D eigenvalue weighted by Crippen LogP contribution is 2.24. The molecule has 1 fully saturated rings. The second-order valence-corrected chi connectivity index (χ2v) is 6.46. The molecule has 122 valence electrons. The van der Waals surface area contributed by atoms with Gasteiger partial charge in [-0.3, -0.25) is 0 Å². The van der Waals surface area contributed by atoms with E-state index in [1.165, 1.54) is 5.69 Å². The molecule has 0 amide bonds. The van der Waals surface area contributed by atoms with Gasteiger partial charge in [0.05, 0.1) is 0 Å². The molecule has 1 aromatic heterocycles. The van der Waals surface area contributed by atoms with Crippen molar-refractivity contribution in [3.05, 3.63) is 48.4 Å². The van der Waals surface area contributed by atoms with Gasteiger partial charge in [-0.25, -0.2) is 9.97 Å². The molecule has 4 heteroatoms. The van der Waals surface area contributed by atoms with Crippen LogP contribution in [-0.4, -0.2) is 35.6 Å². The maximum absolute atomic E-state index is 4.79. The van der Waals surface area contributed by atoms with E-state index in [-0.39, 0.29) is 0 Å². The van der Waals surface area contributed by atoms with Crippen LogP contribution in [0.4, 0.5) is 11.5 Å². The van der Waals surface area contributed by atoms with Gasteiger partial charge in [-0.05, 0) is 24.6 Å². The van der Waals surface area contributed by atoms with Gasteiger partial charge in [0.1, 0.15) is 11.6 Å². The van der Waals surface area contributed by atoms with Crippen molar-refractivity contribution in [1.29, 1.82) is 0 Å². The first-order valence-corrected chi connectivity index (χ1v) is 8.58. The fourth-order valence-electron chi connectivity index (χ4n) is 3.18.